The van der Waals surface area contributed by atoms with E-state index in [1.807, 2.05) is 6.07 Å². The third-order valence-corrected chi connectivity index (χ3v) is 4.87. The highest BCUT2D eigenvalue weighted by Gasteiger charge is 2.15. The molecular weight excluding hydrogens is 327 g/mol. The van der Waals surface area contributed by atoms with Gasteiger partial charge in [0.05, 0.1) is 5.69 Å². The van der Waals surface area contributed by atoms with Crippen LogP contribution < -0.4 is 5.32 Å². The number of anilines is 2. The van der Waals surface area contributed by atoms with Gasteiger partial charge in [-0.15, -0.1) is 0 Å². The quantitative estimate of drug-likeness (QED) is 0.810. The van der Waals surface area contributed by atoms with Gasteiger partial charge in [-0.1, -0.05) is 11.6 Å². The lowest BCUT2D eigenvalue weighted by molar-refractivity contribution is 0.0697. The van der Waals surface area contributed by atoms with E-state index in [-0.39, 0.29) is 22.2 Å². The predicted molar refractivity (Wildman–Crippen MR) is 89.5 cm³/mol. The number of aromatic carboxylic acids is 1. The number of rotatable bonds is 4. The van der Waals surface area contributed by atoms with Gasteiger partial charge in [0.15, 0.2) is 0 Å². The molecule has 2 N–H and O–H groups in total. The summed E-state index contributed by atoms with van der Waals surface area (Å²) in [6.07, 6.45) is 6.20. The van der Waals surface area contributed by atoms with E-state index < -0.39 is 21.8 Å². The largest absolute Gasteiger partial charge is 0.478 e. The Kier molecular flexibility index (Phi) is 4.63. The molecule has 2 aromatic rings. The first-order valence-electron chi connectivity index (χ1n) is 6.33. The molecule has 0 amide bonds. The van der Waals surface area contributed by atoms with Crippen molar-refractivity contribution in [3.05, 3.63) is 46.9 Å². The summed E-state index contributed by atoms with van der Waals surface area (Å²) in [5, 5.41) is 12.0. The van der Waals surface area contributed by atoms with Gasteiger partial charge in [-0.25, -0.2) is 24.2 Å². The molecule has 0 spiro atoms. The van der Waals surface area contributed by atoms with Gasteiger partial charge in [-0.05, 0) is 54.0 Å². The van der Waals surface area contributed by atoms with Crippen LogP contribution in [0.15, 0.2) is 35.2 Å². The van der Waals surface area contributed by atoms with Crippen molar-refractivity contribution < 1.29 is 14.3 Å². The zero-order valence-electron chi connectivity index (χ0n) is 12.4. The van der Waals surface area contributed by atoms with Gasteiger partial charge < -0.3 is 10.4 Å². The molecule has 22 heavy (non-hydrogen) atoms. The third kappa shape index (κ3) is 3.69. The molecule has 0 saturated carbocycles. The fourth-order valence-electron chi connectivity index (χ4n) is 1.81. The van der Waals surface area contributed by atoms with Crippen molar-refractivity contribution in [2.45, 2.75) is 4.90 Å². The van der Waals surface area contributed by atoms with Crippen LogP contribution in [0, 0.1) is 5.82 Å². The van der Waals surface area contributed by atoms with Crippen molar-refractivity contribution in [3.8, 4) is 0 Å². The van der Waals surface area contributed by atoms with Crippen LogP contribution in [-0.2, 0) is 0 Å². The lowest BCUT2D eigenvalue weighted by atomic mass is 10.2. The monoisotopic (exact) mass is 342 g/mol. The maximum Gasteiger partial charge on any atom is 0.339 e. The molecule has 0 bridgehead atoms. The second kappa shape index (κ2) is 6.14. The molecular formula is C15H16ClFN2O2S. The number of halogens is 2. The van der Waals surface area contributed by atoms with Gasteiger partial charge in [0.2, 0.25) is 0 Å². The van der Waals surface area contributed by atoms with Crippen LogP contribution in [0.25, 0.3) is 0 Å². The molecule has 0 radical (unpaired) electrons. The van der Waals surface area contributed by atoms with Crippen LogP contribution in [-0.4, -0.2) is 34.8 Å². The van der Waals surface area contributed by atoms with Gasteiger partial charge in [-0.2, -0.15) is 0 Å². The molecule has 118 valence electrons. The Morgan fingerprint density at radius 3 is 2.50 bits per heavy atom. The molecule has 7 heteroatoms. The summed E-state index contributed by atoms with van der Waals surface area (Å²) in [5.41, 5.74) is 0.0824. The minimum Gasteiger partial charge on any atom is -0.478 e. The fourth-order valence-corrected chi connectivity index (χ4v) is 2.89. The summed E-state index contributed by atoms with van der Waals surface area (Å²) in [5.74, 6) is -1.62. The lowest BCUT2D eigenvalue weighted by Gasteiger charge is -2.26. The van der Waals surface area contributed by atoms with E-state index in [0.29, 0.717) is 0 Å². The number of nitrogens with one attached hydrogen (secondary N) is 1. The summed E-state index contributed by atoms with van der Waals surface area (Å²) in [4.78, 5) is 16.0. The minimum atomic E-state index is -1.16. The first-order valence-corrected chi connectivity index (χ1v) is 9.57. The van der Waals surface area contributed by atoms with Crippen LogP contribution in [0.3, 0.4) is 0 Å². The molecule has 1 heterocycles. The second-order valence-corrected chi connectivity index (χ2v) is 9.97. The number of aromatic nitrogens is 1. The van der Waals surface area contributed by atoms with E-state index in [1.54, 1.807) is 6.07 Å². The molecule has 0 saturated heterocycles. The first kappa shape index (κ1) is 16.6. The maximum absolute atomic E-state index is 14.2. The van der Waals surface area contributed by atoms with Crippen molar-refractivity contribution in [2.75, 3.05) is 24.1 Å². The Labute approximate surface area is 134 Å². The average Bonchev–Trinajstić information content (AvgIpc) is 2.39. The molecule has 0 fully saturated rings. The molecule has 0 atom stereocenters. The second-order valence-electron chi connectivity index (χ2n) is 5.44. The average molecular weight is 343 g/mol. The standard InChI is InChI=1S/C15H16ClFN2O2S/c1-22(2,3)9-4-6-12(11(17)8-9)18-14-10(15(20)21)5-7-13(16)19-14/h4-8H,1-3H3,(H,18,19)(H,20,21). The molecule has 4 nitrogen and oxygen atoms in total. The summed E-state index contributed by atoms with van der Waals surface area (Å²) in [6.45, 7) is 0. The molecule has 0 unspecified atom stereocenters. The topological polar surface area (TPSA) is 62.2 Å². The van der Waals surface area contributed by atoms with Gasteiger partial charge >= 0.3 is 5.97 Å². The number of carbonyl (C=O) groups is 1. The van der Waals surface area contributed by atoms with E-state index in [2.05, 4.69) is 29.1 Å². The van der Waals surface area contributed by atoms with Crippen LogP contribution >= 0.6 is 21.6 Å². The maximum atomic E-state index is 14.2. The van der Waals surface area contributed by atoms with Gasteiger partial charge in [0, 0.05) is 0 Å². The third-order valence-electron chi connectivity index (χ3n) is 2.99. The lowest BCUT2D eigenvalue weighted by Crippen LogP contribution is -2.06. The van der Waals surface area contributed by atoms with Crippen LogP contribution in [0.4, 0.5) is 15.9 Å². The number of carboxylic acids is 1. The first-order chi connectivity index (χ1) is 10.2. The molecule has 0 aliphatic rings. The van der Waals surface area contributed by atoms with Crippen LogP contribution in [0.1, 0.15) is 10.4 Å². The normalized spacial score (nSPS) is 12.0. The zero-order valence-corrected chi connectivity index (χ0v) is 13.9. The number of pyridine rings is 1. The van der Waals surface area contributed by atoms with E-state index in [1.165, 1.54) is 18.2 Å². The van der Waals surface area contributed by atoms with Crippen molar-refractivity contribution >= 4 is 39.1 Å². The highest BCUT2D eigenvalue weighted by Crippen LogP contribution is 2.45. The highest BCUT2D eigenvalue weighted by atomic mass is 35.5. The molecule has 2 rings (SSSR count). The van der Waals surface area contributed by atoms with E-state index in [4.69, 9.17) is 16.7 Å². The van der Waals surface area contributed by atoms with E-state index in [0.717, 1.165) is 4.90 Å². The summed E-state index contributed by atoms with van der Waals surface area (Å²) >= 11 is 5.78. The van der Waals surface area contributed by atoms with E-state index in [9.17, 15) is 9.18 Å². The molecule has 0 aliphatic carbocycles. The molecule has 0 aliphatic heterocycles. The van der Waals surface area contributed by atoms with Crippen LogP contribution in [0.5, 0.6) is 0 Å². The number of hydrogen-bond acceptors (Lipinski definition) is 3. The molecule has 1 aromatic heterocycles. The zero-order chi connectivity index (χ0) is 16.5. The van der Waals surface area contributed by atoms with Crippen LogP contribution in [0.2, 0.25) is 5.15 Å². The highest BCUT2D eigenvalue weighted by molar-refractivity contribution is 8.32. The summed E-state index contributed by atoms with van der Waals surface area (Å²) < 4.78 is 14.2. The number of hydrogen-bond donors (Lipinski definition) is 2. The van der Waals surface area contributed by atoms with Crippen molar-refractivity contribution in [1.29, 1.82) is 0 Å². The summed E-state index contributed by atoms with van der Waals surface area (Å²) in [7, 11) is -1.04. The Hall–Kier alpha value is -1.79. The Morgan fingerprint density at radius 2 is 1.95 bits per heavy atom. The predicted octanol–water partition coefficient (Wildman–Crippen LogP) is 4.37. The Bertz CT molecular complexity index is 732. The SMILES string of the molecule is CS(C)(C)c1ccc(Nc2nc(Cl)ccc2C(=O)O)c(F)c1. The number of nitrogens with zero attached hydrogens (tertiary/aromatic N) is 1. The van der Waals surface area contributed by atoms with Crippen molar-refractivity contribution in [3.63, 3.8) is 0 Å². The Morgan fingerprint density at radius 1 is 1.27 bits per heavy atom. The van der Waals surface area contributed by atoms with Gasteiger partial charge in [0.1, 0.15) is 22.4 Å². The number of benzene rings is 1. The van der Waals surface area contributed by atoms with E-state index >= 15 is 0 Å². The van der Waals surface area contributed by atoms with Gasteiger partial charge in [0.25, 0.3) is 0 Å². The smallest absolute Gasteiger partial charge is 0.339 e. The fraction of sp³-hybridized carbons (Fsp3) is 0.200. The summed E-state index contributed by atoms with van der Waals surface area (Å²) in [6, 6.07) is 7.57. The van der Waals surface area contributed by atoms with Crippen molar-refractivity contribution in [2.24, 2.45) is 0 Å². The number of carboxylic acid groups (broad SMARTS) is 1. The minimum absolute atomic E-state index is 0.00903. The van der Waals surface area contributed by atoms with Gasteiger partial charge in [-0.3, -0.25) is 0 Å². The Balaban J connectivity index is 2.40. The molecule has 1 aromatic carbocycles. The van der Waals surface area contributed by atoms with Crippen molar-refractivity contribution in [1.82, 2.24) is 4.98 Å².